The highest BCUT2D eigenvalue weighted by atomic mass is 16.5. The summed E-state index contributed by atoms with van der Waals surface area (Å²) < 4.78 is 6.26. The van der Waals surface area contributed by atoms with Gasteiger partial charge in [-0.1, -0.05) is 57.2 Å². The lowest BCUT2D eigenvalue weighted by Gasteiger charge is -2.21. The Hall–Kier alpha value is -2.81. The molecule has 3 heteroatoms. The maximum Gasteiger partial charge on any atom is 0.328 e. The molecule has 162 valence electrons. The van der Waals surface area contributed by atoms with Gasteiger partial charge in [0.2, 0.25) is 0 Å². The van der Waals surface area contributed by atoms with E-state index in [-0.39, 0.29) is 10.8 Å². The number of hydrogen-bond donors (Lipinski definition) is 1. The number of carbonyl (C=O) groups is 1. The third-order valence-electron chi connectivity index (χ3n) is 7.05. The van der Waals surface area contributed by atoms with Crippen molar-refractivity contribution in [2.45, 2.75) is 58.8 Å². The number of aliphatic carboxylic acids is 1. The first-order valence-corrected chi connectivity index (χ1v) is 11.0. The Kier molecular flexibility index (Phi) is 5.12. The first kappa shape index (κ1) is 21.4. The predicted octanol–water partition coefficient (Wildman–Crippen LogP) is 6.51. The third kappa shape index (κ3) is 3.82. The number of aryl methyl sites for hydroxylation is 2. The zero-order chi connectivity index (χ0) is 22.6. The summed E-state index contributed by atoms with van der Waals surface area (Å²) >= 11 is 0. The quantitative estimate of drug-likeness (QED) is 0.447. The van der Waals surface area contributed by atoms with Crippen molar-refractivity contribution < 1.29 is 14.6 Å². The molecule has 2 aliphatic rings. The van der Waals surface area contributed by atoms with Gasteiger partial charge in [-0.05, 0) is 72.4 Å². The molecule has 2 aromatic carbocycles. The lowest BCUT2D eigenvalue weighted by molar-refractivity contribution is -0.131. The van der Waals surface area contributed by atoms with E-state index in [4.69, 9.17) is 9.84 Å². The van der Waals surface area contributed by atoms with E-state index in [1.54, 1.807) is 0 Å². The molecule has 0 spiro atoms. The van der Waals surface area contributed by atoms with Crippen LogP contribution in [0, 0.1) is 19.8 Å². The largest absolute Gasteiger partial charge is 0.492 e. The zero-order valence-corrected chi connectivity index (χ0v) is 19.4. The molecule has 1 heterocycles. The van der Waals surface area contributed by atoms with Crippen LogP contribution in [0.1, 0.15) is 56.4 Å². The number of benzene rings is 2. The smallest absolute Gasteiger partial charge is 0.328 e. The number of carboxylic acid groups (broad SMARTS) is 1. The molecule has 1 aliphatic heterocycles. The van der Waals surface area contributed by atoms with E-state index >= 15 is 0 Å². The molecule has 0 saturated heterocycles. The van der Waals surface area contributed by atoms with E-state index in [0.717, 1.165) is 17.7 Å². The molecular formula is C28H32O3. The lowest BCUT2D eigenvalue weighted by Crippen LogP contribution is -2.18. The van der Waals surface area contributed by atoms with E-state index in [1.807, 2.05) is 13.0 Å². The van der Waals surface area contributed by atoms with Crippen molar-refractivity contribution in [2.75, 3.05) is 6.61 Å². The van der Waals surface area contributed by atoms with Gasteiger partial charge in [-0.15, -0.1) is 0 Å². The average Bonchev–Trinajstić information content (AvgIpc) is 3.25. The Bertz CT molecular complexity index is 1100. The molecule has 1 fully saturated rings. The number of hydrogen-bond acceptors (Lipinski definition) is 2. The molecule has 0 radical (unpaired) electrons. The summed E-state index contributed by atoms with van der Waals surface area (Å²) in [6, 6.07) is 11.1. The Balaban J connectivity index is 1.79. The second-order valence-corrected chi connectivity index (χ2v) is 10.2. The molecule has 0 unspecified atom stereocenters. The highest BCUT2D eigenvalue weighted by Crippen LogP contribution is 2.58. The number of fused-ring (bicyclic) bond motifs is 1. The Morgan fingerprint density at radius 3 is 2.48 bits per heavy atom. The van der Waals surface area contributed by atoms with Crippen LogP contribution in [0.15, 0.2) is 54.1 Å². The van der Waals surface area contributed by atoms with Crippen LogP contribution in [0.25, 0.3) is 11.1 Å². The van der Waals surface area contributed by atoms with Gasteiger partial charge in [-0.2, -0.15) is 0 Å². The molecule has 1 N–H and O–H groups in total. The van der Waals surface area contributed by atoms with Crippen molar-refractivity contribution in [3.63, 3.8) is 0 Å². The van der Waals surface area contributed by atoms with Gasteiger partial charge >= 0.3 is 5.97 Å². The molecule has 4 rings (SSSR count). The monoisotopic (exact) mass is 416 g/mol. The van der Waals surface area contributed by atoms with Crippen LogP contribution in [0.3, 0.4) is 0 Å². The number of allylic oxidation sites excluding steroid dienone is 3. The van der Waals surface area contributed by atoms with Gasteiger partial charge in [0.05, 0.1) is 6.61 Å². The molecule has 0 bridgehead atoms. The number of carboxylic acids is 1. The average molecular weight is 417 g/mol. The molecule has 0 aromatic heterocycles. The SMILES string of the molecule is CC(C=C[C@@H]1C[C@]1(C)c1cc(-c2c(C)cccc2C)c2c(c1)C(C)(C)CO2)=CC(=O)O. The van der Waals surface area contributed by atoms with Crippen LogP contribution in [-0.4, -0.2) is 17.7 Å². The first-order chi connectivity index (χ1) is 14.5. The van der Waals surface area contributed by atoms with Gasteiger partial charge < -0.3 is 9.84 Å². The van der Waals surface area contributed by atoms with E-state index in [1.165, 1.54) is 39.5 Å². The minimum Gasteiger partial charge on any atom is -0.492 e. The van der Waals surface area contributed by atoms with Crippen molar-refractivity contribution in [3.05, 3.63) is 76.4 Å². The maximum absolute atomic E-state index is 10.9. The van der Waals surface area contributed by atoms with E-state index < -0.39 is 5.97 Å². The fraction of sp³-hybridized carbons (Fsp3) is 0.393. The van der Waals surface area contributed by atoms with Crippen molar-refractivity contribution in [3.8, 4) is 16.9 Å². The van der Waals surface area contributed by atoms with E-state index in [9.17, 15) is 4.79 Å². The zero-order valence-electron chi connectivity index (χ0n) is 19.4. The third-order valence-corrected chi connectivity index (χ3v) is 7.05. The topological polar surface area (TPSA) is 46.5 Å². The maximum atomic E-state index is 10.9. The highest BCUT2D eigenvalue weighted by Gasteiger charge is 2.50. The fourth-order valence-corrected chi connectivity index (χ4v) is 4.89. The van der Waals surface area contributed by atoms with Crippen LogP contribution < -0.4 is 4.74 Å². The Morgan fingerprint density at radius 1 is 1.16 bits per heavy atom. The second-order valence-electron chi connectivity index (χ2n) is 10.2. The van der Waals surface area contributed by atoms with Crippen LogP contribution in [0.2, 0.25) is 0 Å². The molecule has 2 atom stereocenters. The summed E-state index contributed by atoms with van der Waals surface area (Å²) in [4.78, 5) is 10.9. The summed E-state index contributed by atoms with van der Waals surface area (Å²) in [5.74, 6) is 0.529. The van der Waals surface area contributed by atoms with Crippen molar-refractivity contribution in [1.82, 2.24) is 0 Å². The molecule has 0 amide bonds. The predicted molar refractivity (Wildman–Crippen MR) is 126 cm³/mol. The van der Waals surface area contributed by atoms with Gasteiger partial charge in [0, 0.05) is 22.6 Å². The molecule has 1 aliphatic carbocycles. The molecule has 31 heavy (non-hydrogen) atoms. The van der Waals surface area contributed by atoms with E-state index in [2.05, 4.69) is 71.0 Å². The Labute approximate surface area is 185 Å². The standard InChI is InChI=1S/C28H32O3/c1-17(12-24(29)30)10-11-20-15-28(20,6)21-13-22(25-18(2)8-7-9-19(25)3)26-23(14-21)27(4,5)16-31-26/h7-14,20H,15-16H2,1-6H3,(H,29,30)/t20-,28+/m1/s1. The Morgan fingerprint density at radius 2 is 1.84 bits per heavy atom. The molecule has 3 nitrogen and oxygen atoms in total. The summed E-state index contributed by atoms with van der Waals surface area (Å²) in [5.41, 5.74) is 8.44. The molecular weight excluding hydrogens is 384 g/mol. The van der Waals surface area contributed by atoms with Crippen LogP contribution in [0.4, 0.5) is 0 Å². The summed E-state index contributed by atoms with van der Waals surface area (Å²) in [6.07, 6.45) is 6.43. The van der Waals surface area contributed by atoms with Crippen molar-refractivity contribution >= 4 is 5.97 Å². The summed E-state index contributed by atoms with van der Waals surface area (Å²) in [6.45, 7) is 13.7. The van der Waals surface area contributed by atoms with Gasteiger partial charge in [-0.25, -0.2) is 4.79 Å². The van der Waals surface area contributed by atoms with E-state index in [0.29, 0.717) is 12.5 Å². The van der Waals surface area contributed by atoms with Gasteiger partial charge in [0.1, 0.15) is 5.75 Å². The fourth-order valence-electron chi connectivity index (χ4n) is 4.89. The van der Waals surface area contributed by atoms with Gasteiger partial charge in [0.25, 0.3) is 0 Å². The highest BCUT2D eigenvalue weighted by molar-refractivity contribution is 5.81. The second kappa shape index (κ2) is 7.40. The summed E-state index contributed by atoms with van der Waals surface area (Å²) in [7, 11) is 0. The van der Waals surface area contributed by atoms with Gasteiger partial charge in [-0.3, -0.25) is 0 Å². The molecule has 2 aromatic rings. The lowest BCUT2D eigenvalue weighted by atomic mass is 9.80. The normalized spacial score (nSPS) is 24.2. The minimum atomic E-state index is -0.903. The van der Waals surface area contributed by atoms with Crippen molar-refractivity contribution in [1.29, 1.82) is 0 Å². The summed E-state index contributed by atoms with van der Waals surface area (Å²) in [5, 5.41) is 8.95. The van der Waals surface area contributed by atoms with Crippen molar-refractivity contribution in [2.24, 2.45) is 5.92 Å². The number of ether oxygens (including phenoxy) is 1. The minimum absolute atomic E-state index is 0.0198. The molecule has 1 saturated carbocycles. The van der Waals surface area contributed by atoms with Gasteiger partial charge in [0.15, 0.2) is 0 Å². The van der Waals surface area contributed by atoms with Crippen LogP contribution in [0.5, 0.6) is 5.75 Å². The van der Waals surface area contributed by atoms with Crippen LogP contribution >= 0.6 is 0 Å². The first-order valence-electron chi connectivity index (χ1n) is 11.0. The number of rotatable bonds is 5. The van der Waals surface area contributed by atoms with Crippen LogP contribution in [-0.2, 0) is 15.6 Å².